The first-order valence-electron chi connectivity index (χ1n) is 7.87. The van der Waals surface area contributed by atoms with Gasteiger partial charge in [0.2, 0.25) is 0 Å². The van der Waals surface area contributed by atoms with Gasteiger partial charge in [-0.15, -0.1) is 0 Å². The minimum absolute atomic E-state index is 0.127. The summed E-state index contributed by atoms with van der Waals surface area (Å²) >= 11 is 0. The Hall–Kier alpha value is -3.01. The van der Waals surface area contributed by atoms with Gasteiger partial charge in [0.05, 0.1) is 19.8 Å². The second-order valence-electron chi connectivity index (χ2n) is 5.41. The van der Waals surface area contributed by atoms with Crippen LogP contribution in [-0.2, 0) is 0 Å². The van der Waals surface area contributed by atoms with Crippen molar-refractivity contribution in [2.45, 2.75) is 6.92 Å². The number of aryl methyl sites for hydroxylation is 1. The number of allylic oxidation sites excluding steroid dienone is 1. The van der Waals surface area contributed by atoms with Crippen molar-refractivity contribution in [3.63, 3.8) is 0 Å². The highest BCUT2D eigenvalue weighted by Crippen LogP contribution is 2.28. The lowest BCUT2D eigenvalue weighted by atomic mass is 10.0. The van der Waals surface area contributed by atoms with Crippen molar-refractivity contribution >= 4 is 11.9 Å². The number of rotatable bonds is 8. The van der Waals surface area contributed by atoms with E-state index in [-0.39, 0.29) is 5.78 Å². The summed E-state index contributed by atoms with van der Waals surface area (Å²) in [6, 6.07) is 11.0. The summed E-state index contributed by atoms with van der Waals surface area (Å²) in [6.07, 6.45) is 4.91. The van der Waals surface area contributed by atoms with E-state index in [1.807, 2.05) is 31.2 Å². The van der Waals surface area contributed by atoms with Gasteiger partial charge < -0.3 is 14.2 Å². The van der Waals surface area contributed by atoms with Crippen molar-refractivity contribution in [2.24, 2.45) is 0 Å². The van der Waals surface area contributed by atoms with Crippen molar-refractivity contribution in [3.8, 4) is 17.2 Å². The number of hydrogen-bond donors (Lipinski definition) is 0. The van der Waals surface area contributed by atoms with Gasteiger partial charge in [0.15, 0.2) is 17.3 Å². The molecule has 0 spiro atoms. The predicted molar refractivity (Wildman–Crippen MR) is 99.8 cm³/mol. The number of methoxy groups -OCH3 is 2. The van der Waals surface area contributed by atoms with E-state index in [2.05, 4.69) is 6.58 Å². The van der Waals surface area contributed by atoms with Crippen LogP contribution < -0.4 is 14.2 Å². The molecule has 2 aromatic rings. The van der Waals surface area contributed by atoms with E-state index in [0.29, 0.717) is 29.4 Å². The largest absolute Gasteiger partial charge is 0.493 e. The summed E-state index contributed by atoms with van der Waals surface area (Å²) in [5, 5.41) is 0. The second-order valence-corrected chi connectivity index (χ2v) is 5.41. The summed E-state index contributed by atoms with van der Waals surface area (Å²) in [5.74, 6) is 1.68. The van der Waals surface area contributed by atoms with E-state index >= 15 is 0 Å². The van der Waals surface area contributed by atoms with Crippen LogP contribution in [-0.4, -0.2) is 26.6 Å². The van der Waals surface area contributed by atoms with Crippen molar-refractivity contribution in [1.29, 1.82) is 0 Å². The number of benzene rings is 2. The zero-order valence-electron chi connectivity index (χ0n) is 14.7. The quantitative estimate of drug-likeness (QED) is 0.405. The lowest BCUT2D eigenvalue weighted by molar-refractivity contribution is 0.104. The molecule has 2 aromatic carbocycles. The third-order valence-electron chi connectivity index (χ3n) is 3.59. The number of carbonyl (C=O) groups is 1. The van der Waals surface area contributed by atoms with Crippen LogP contribution in [0.1, 0.15) is 21.5 Å². The molecule has 0 aliphatic heterocycles. The Morgan fingerprint density at radius 2 is 1.76 bits per heavy atom. The third kappa shape index (κ3) is 4.73. The highest BCUT2D eigenvalue weighted by Gasteiger charge is 2.10. The highest BCUT2D eigenvalue weighted by atomic mass is 16.5. The van der Waals surface area contributed by atoms with Crippen LogP contribution in [0, 0.1) is 6.92 Å². The van der Waals surface area contributed by atoms with Crippen LogP contribution in [0.15, 0.2) is 55.1 Å². The molecule has 0 heterocycles. The van der Waals surface area contributed by atoms with Crippen molar-refractivity contribution in [2.75, 3.05) is 20.8 Å². The van der Waals surface area contributed by atoms with Gasteiger partial charge in [-0.1, -0.05) is 36.4 Å². The van der Waals surface area contributed by atoms with Gasteiger partial charge in [-0.05, 0) is 42.8 Å². The van der Waals surface area contributed by atoms with E-state index in [1.165, 1.54) is 6.08 Å². The Morgan fingerprint density at radius 1 is 1.04 bits per heavy atom. The molecule has 130 valence electrons. The summed E-state index contributed by atoms with van der Waals surface area (Å²) in [6.45, 7) is 5.91. The predicted octanol–water partition coefficient (Wildman–Crippen LogP) is 4.47. The Morgan fingerprint density at radius 3 is 2.44 bits per heavy atom. The smallest absolute Gasteiger partial charge is 0.189 e. The molecule has 0 atom stereocenters. The maximum atomic E-state index is 12.6. The molecular weight excluding hydrogens is 316 g/mol. The summed E-state index contributed by atoms with van der Waals surface area (Å²) in [4.78, 5) is 12.6. The minimum atomic E-state index is -0.127. The topological polar surface area (TPSA) is 44.8 Å². The van der Waals surface area contributed by atoms with Gasteiger partial charge in [0.25, 0.3) is 0 Å². The number of carbonyl (C=O) groups excluding carboxylic acids is 1. The van der Waals surface area contributed by atoms with Crippen LogP contribution in [0.5, 0.6) is 17.2 Å². The monoisotopic (exact) mass is 338 g/mol. The Bertz CT molecular complexity index is 790. The van der Waals surface area contributed by atoms with Crippen molar-refractivity contribution in [1.82, 2.24) is 0 Å². The fourth-order valence-electron chi connectivity index (χ4n) is 2.33. The fraction of sp³-hybridized carbons (Fsp3) is 0.190. The molecule has 0 aliphatic carbocycles. The molecule has 0 N–H and O–H groups in total. The molecule has 0 fully saturated rings. The van der Waals surface area contributed by atoms with Crippen LogP contribution in [0.4, 0.5) is 0 Å². The van der Waals surface area contributed by atoms with Crippen LogP contribution in [0.2, 0.25) is 0 Å². The molecule has 0 unspecified atom stereocenters. The van der Waals surface area contributed by atoms with Crippen molar-refractivity contribution < 1.29 is 19.0 Å². The molecule has 4 nitrogen and oxygen atoms in total. The van der Waals surface area contributed by atoms with Crippen LogP contribution in [0.25, 0.3) is 6.08 Å². The molecule has 0 saturated carbocycles. The second kappa shape index (κ2) is 8.73. The van der Waals surface area contributed by atoms with Gasteiger partial charge in [-0.25, -0.2) is 0 Å². The summed E-state index contributed by atoms with van der Waals surface area (Å²) in [7, 11) is 3.16. The zero-order chi connectivity index (χ0) is 18.2. The van der Waals surface area contributed by atoms with Gasteiger partial charge in [-0.2, -0.15) is 0 Å². The first-order valence-corrected chi connectivity index (χ1v) is 7.87. The molecule has 25 heavy (non-hydrogen) atoms. The zero-order valence-corrected chi connectivity index (χ0v) is 14.7. The van der Waals surface area contributed by atoms with E-state index in [9.17, 15) is 4.79 Å². The van der Waals surface area contributed by atoms with Crippen molar-refractivity contribution in [3.05, 3.63) is 71.8 Å². The molecule has 0 aromatic heterocycles. The maximum Gasteiger partial charge on any atom is 0.189 e. The average Bonchev–Trinajstić information content (AvgIpc) is 2.64. The Balaban J connectivity index is 2.25. The molecular formula is C21H22O4. The Labute approximate surface area is 148 Å². The van der Waals surface area contributed by atoms with E-state index in [4.69, 9.17) is 14.2 Å². The lowest BCUT2D eigenvalue weighted by Crippen LogP contribution is -2.02. The maximum absolute atomic E-state index is 12.6. The standard InChI is InChI=1S/C21H22O4/c1-5-12-25-19-10-6-15(2)13-17(19)18(22)9-7-16-8-11-20(23-3)21(14-16)24-4/h5-11,13-14H,1,12H2,2-4H3/b9-7+. The molecule has 0 aliphatic rings. The SMILES string of the molecule is C=CCOc1ccc(C)cc1C(=O)/C=C/c1ccc(OC)c(OC)c1. The van der Waals surface area contributed by atoms with Crippen LogP contribution in [0.3, 0.4) is 0 Å². The van der Waals surface area contributed by atoms with Crippen LogP contribution >= 0.6 is 0 Å². The first-order chi connectivity index (χ1) is 12.1. The molecule has 0 saturated heterocycles. The van der Waals surface area contributed by atoms with Gasteiger partial charge in [-0.3, -0.25) is 4.79 Å². The molecule has 2 rings (SSSR count). The highest BCUT2D eigenvalue weighted by molar-refractivity contribution is 6.08. The number of ether oxygens (including phenoxy) is 3. The third-order valence-corrected chi connectivity index (χ3v) is 3.59. The molecule has 0 amide bonds. The summed E-state index contributed by atoms with van der Waals surface area (Å²) in [5.41, 5.74) is 2.36. The Kier molecular flexibility index (Phi) is 6.40. The average molecular weight is 338 g/mol. The fourth-order valence-corrected chi connectivity index (χ4v) is 2.33. The minimum Gasteiger partial charge on any atom is -0.493 e. The first kappa shape index (κ1) is 18.3. The normalized spacial score (nSPS) is 10.5. The summed E-state index contributed by atoms with van der Waals surface area (Å²) < 4.78 is 16.1. The van der Waals surface area contributed by atoms with Gasteiger partial charge in [0.1, 0.15) is 12.4 Å². The number of hydrogen-bond acceptors (Lipinski definition) is 4. The molecule has 0 bridgehead atoms. The lowest BCUT2D eigenvalue weighted by Gasteiger charge is -2.09. The number of ketones is 1. The van der Waals surface area contributed by atoms with E-state index < -0.39 is 0 Å². The molecule has 0 radical (unpaired) electrons. The van der Waals surface area contributed by atoms with E-state index in [0.717, 1.165) is 11.1 Å². The van der Waals surface area contributed by atoms with Gasteiger partial charge in [0, 0.05) is 0 Å². The molecule has 4 heteroatoms. The van der Waals surface area contributed by atoms with E-state index in [1.54, 1.807) is 38.5 Å². The van der Waals surface area contributed by atoms with Gasteiger partial charge >= 0.3 is 0 Å².